The van der Waals surface area contributed by atoms with Crippen molar-refractivity contribution >= 4 is 17.4 Å². The smallest absolute Gasteiger partial charge is 0.301 e. The number of nitrogens with zero attached hydrogens (tertiary/aromatic N) is 3. The number of alkyl halides is 6. The molecule has 0 aliphatic heterocycles. The Labute approximate surface area is 106 Å². The van der Waals surface area contributed by atoms with E-state index in [4.69, 9.17) is 0 Å². The lowest BCUT2D eigenvalue weighted by atomic mass is 10.4. The Morgan fingerprint density at radius 2 is 1.80 bits per heavy atom. The minimum atomic E-state index is -5.12. The summed E-state index contributed by atoms with van der Waals surface area (Å²) < 4.78 is 73.7. The quantitative estimate of drug-likeness (QED) is 0.821. The van der Waals surface area contributed by atoms with Crippen LogP contribution in [0.1, 0.15) is 5.69 Å². The van der Waals surface area contributed by atoms with Gasteiger partial charge < -0.3 is 5.32 Å². The van der Waals surface area contributed by atoms with E-state index in [-0.39, 0.29) is 5.65 Å². The molecule has 2 aromatic rings. The van der Waals surface area contributed by atoms with Crippen molar-refractivity contribution in [1.29, 1.82) is 0 Å². The second-order valence-electron chi connectivity index (χ2n) is 3.60. The molecule has 0 saturated heterocycles. The van der Waals surface area contributed by atoms with Crippen molar-refractivity contribution < 1.29 is 31.1 Å². The van der Waals surface area contributed by atoms with Crippen LogP contribution in [0.4, 0.5) is 32.2 Å². The van der Waals surface area contributed by atoms with Crippen LogP contribution < -0.4 is 5.32 Å². The molecule has 0 unspecified atom stereocenters. The molecule has 0 fully saturated rings. The van der Waals surface area contributed by atoms with E-state index in [0.717, 1.165) is 12.3 Å². The van der Waals surface area contributed by atoms with E-state index in [0.29, 0.717) is 10.6 Å². The van der Waals surface area contributed by atoms with Gasteiger partial charge in [0.15, 0.2) is 17.2 Å². The lowest BCUT2D eigenvalue weighted by Crippen LogP contribution is -2.30. The maximum absolute atomic E-state index is 12.4. The van der Waals surface area contributed by atoms with E-state index >= 15 is 0 Å². The van der Waals surface area contributed by atoms with Gasteiger partial charge in [0.1, 0.15) is 0 Å². The summed E-state index contributed by atoms with van der Waals surface area (Å²) in [5.74, 6) is -2.84. The molecule has 2 heterocycles. The van der Waals surface area contributed by atoms with Gasteiger partial charge in [-0.1, -0.05) is 0 Å². The first-order valence-corrected chi connectivity index (χ1v) is 4.89. The van der Waals surface area contributed by atoms with Crippen molar-refractivity contribution in [2.75, 3.05) is 5.32 Å². The van der Waals surface area contributed by atoms with Gasteiger partial charge in [0.05, 0.1) is 6.20 Å². The highest BCUT2D eigenvalue weighted by Crippen LogP contribution is 2.27. The summed E-state index contributed by atoms with van der Waals surface area (Å²) in [5, 5.41) is 4.55. The summed E-state index contributed by atoms with van der Waals surface area (Å²) in [6, 6.07) is 1.54. The van der Waals surface area contributed by atoms with E-state index in [1.165, 1.54) is 5.32 Å². The van der Waals surface area contributed by atoms with Crippen LogP contribution in [0.15, 0.2) is 18.3 Å². The number of aromatic nitrogens is 3. The fourth-order valence-corrected chi connectivity index (χ4v) is 1.28. The van der Waals surface area contributed by atoms with Gasteiger partial charge in [0.25, 0.3) is 0 Å². The zero-order valence-corrected chi connectivity index (χ0v) is 9.25. The number of rotatable bonds is 1. The Balaban J connectivity index is 2.33. The van der Waals surface area contributed by atoms with Crippen molar-refractivity contribution in [2.45, 2.75) is 12.4 Å². The number of amides is 1. The van der Waals surface area contributed by atoms with Gasteiger partial charge in [-0.2, -0.15) is 31.4 Å². The molecule has 2 rings (SSSR count). The van der Waals surface area contributed by atoms with E-state index in [1.807, 2.05) is 0 Å². The molecular formula is C9H4F6N4O. The van der Waals surface area contributed by atoms with Gasteiger partial charge >= 0.3 is 18.3 Å². The molecule has 11 heteroatoms. The fourth-order valence-electron chi connectivity index (χ4n) is 1.28. The van der Waals surface area contributed by atoms with Crippen molar-refractivity contribution in [3.05, 3.63) is 24.0 Å². The second-order valence-corrected chi connectivity index (χ2v) is 3.60. The molecule has 0 radical (unpaired) electrons. The molecule has 0 aromatic carbocycles. The Kier molecular flexibility index (Phi) is 3.07. The zero-order chi connectivity index (χ0) is 15.1. The van der Waals surface area contributed by atoms with Crippen LogP contribution in [0.25, 0.3) is 5.65 Å². The lowest BCUT2D eigenvalue weighted by Gasteiger charge is -2.04. The first-order chi connectivity index (χ1) is 9.07. The van der Waals surface area contributed by atoms with Crippen LogP contribution in [0.3, 0.4) is 0 Å². The average Bonchev–Trinajstić information content (AvgIpc) is 2.67. The summed E-state index contributed by atoms with van der Waals surface area (Å²) in [6.45, 7) is 0. The lowest BCUT2D eigenvalue weighted by molar-refractivity contribution is -0.167. The summed E-state index contributed by atoms with van der Waals surface area (Å²) in [6.07, 6.45) is -9.08. The van der Waals surface area contributed by atoms with Crippen LogP contribution in [0.2, 0.25) is 0 Å². The molecule has 0 aliphatic carbocycles. The molecule has 5 nitrogen and oxygen atoms in total. The number of anilines is 1. The first kappa shape index (κ1) is 14.1. The second kappa shape index (κ2) is 4.35. The van der Waals surface area contributed by atoms with Gasteiger partial charge in [-0.15, -0.1) is 0 Å². The summed E-state index contributed by atoms with van der Waals surface area (Å²) in [7, 11) is 0. The third kappa shape index (κ3) is 2.81. The van der Waals surface area contributed by atoms with Gasteiger partial charge in [-0.3, -0.25) is 4.79 Å². The molecule has 108 valence electrons. The normalized spacial score (nSPS) is 12.7. The molecule has 1 amide bonds. The fraction of sp³-hybridized carbons (Fsp3) is 0.222. The van der Waals surface area contributed by atoms with Crippen LogP contribution in [-0.2, 0) is 11.0 Å². The molecule has 0 spiro atoms. The molecule has 20 heavy (non-hydrogen) atoms. The van der Waals surface area contributed by atoms with Crippen molar-refractivity contribution in [1.82, 2.24) is 14.6 Å². The highest BCUT2D eigenvalue weighted by atomic mass is 19.4. The van der Waals surface area contributed by atoms with E-state index in [1.54, 1.807) is 0 Å². The molecule has 2 aromatic heterocycles. The SMILES string of the molecule is O=C(Nc1cn2nc(C(F)(F)F)ccc2n1)C(F)(F)F. The number of fused-ring (bicyclic) bond motifs is 1. The molecular weight excluding hydrogens is 294 g/mol. The monoisotopic (exact) mass is 298 g/mol. The van der Waals surface area contributed by atoms with Gasteiger partial charge in [0.2, 0.25) is 0 Å². The minimum absolute atomic E-state index is 0.143. The molecule has 0 atom stereocenters. The third-order valence-electron chi connectivity index (χ3n) is 2.11. The van der Waals surface area contributed by atoms with Crippen molar-refractivity contribution in [3.63, 3.8) is 0 Å². The van der Waals surface area contributed by atoms with E-state index in [2.05, 4.69) is 10.1 Å². The van der Waals surface area contributed by atoms with Crippen LogP contribution in [-0.4, -0.2) is 26.7 Å². The molecule has 0 bridgehead atoms. The predicted molar refractivity (Wildman–Crippen MR) is 52.7 cm³/mol. The number of nitrogens with one attached hydrogen (secondary N) is 1. The number of imidazole rings is 1. The minimum Gasteiger partial charge on any atom is -0.301 e. The standard InChI is InChI=1S/C9H4F6N4O/c10-8(11,12)4-1-2-6-16-5(3-19(6)18-4)17-7(20)9(13,14)15/h1-3H,(H,17,20). The predicted octanol–water partition coefficient (Wildman–Crippen LogP) is 2.25. The number of carbonyl (C=O) groups is 1. The Morgan fingerprint density at radius 1 is 1.15 bits per heavy atom. The number of carbonyl (C=O) groups excluding carboxylic acids is 1. The largest absolute Gasteiger partial charge is 0.471 e. The van der Waals surface area contributed by atoms with E-state index < -0.39 is 29.8 Å². The van der Waals surface area contributed by atoms with Crippen molar-refractivity contribution in [2.24, 2.45) is 0 Å². The Bertz CT molecular complexity index is 658. The van der Waals surface area contributed by atoms with Crippen molar-refractivity contribution in [3.8, 4) is 0 Å². The third-order valence-corrected chi connectivity index (χ3v) is 2.11. The first-order valence-electron chi connectivity index (χ1n) is 4.89. The van der Waals surface area contributed by atoms with Crippen LogP contribution in [0, 0.1) is 0 Å². The number of hydrogen-bond donors (Lipinski definition) is 1. The van der Waals surface area contributed by atoms with Gasteiger partial charge in [-0.25, -0.2) is 9.50 Å². The highest BCUT2D eigenvalue weighted by Gasteiger charge is 2.39. The zero-order valence-electron chi connectivity index (χ0n) is 9.25. The Morgan fingerprint density at radius 3 is 2.35 bits per heavy atom. The Hall–Kier alpha value is -2.33. The van der Waals surface area contributed by atoms with Crippen LogP contribution >= 0.6 is 0 Å². The molecule has 0 saturated carbocycles. The number of halogens is 6. The topological polar surface area (TPSA) is 59.3 Å². The highest BCUT2D eigenvalue weighted by molar-refractivity contribution is 5.94. The van der Waals surface area contributed by atoms with Gasteiger partial charge in [-0.05, 0) is 12.1 Å². The average molecular weight is 298 g/mol. The summed E-state index contributed by atoms with van der Waals surface area (Å²) in [4.78, 5) is 14.1. The van der Waals surface area contributed by atoms with Crippen LogP contribution in [0.5, 0.6) is 0 Å². The maximum Gasteiger partial charge on any atom is 0.471 e. The summed E-state index contributed by atoms with van der Waals surface area (Å²) in [5.41, 5.74) is -1.38. The van der Waals surface area contributed by atoms with Gasteiger partial charge in [0, 0.05) is 0 Å². The maximum atomic E-state index is 12.4. The number of hydrogen-bond acceptors (Lipinski definition) is 3. The van der Waals surface area contributed by atoms with E-state index in [9.17, 15) is 31.1 Å². The molecule has 1 N–H and O–H groups in total. The molecule has 0 aliphatic rings. The summed E-state index contributed by atoms with van der Waals surface area (Å²) >= 11 is 0.